The van der Waals surface area contributed by atoms with Gasteiger partial charge >= 0.3 is 5.69 Å². The maximum atomic E-state index is 12.6. The molecule has 0 aliphatic carbocycles. The highest BCUT2D eigenvalue weighted by Crippen LogP contribution is 2.15. The Bertz CT molecular complexity index is 983. The van der Waals surface area contributed by atoms with Crippen molar-refractivity contribution in [3.05, 3.63) is 45.4 Å². The molecule has 0 fully saturated rings. The van der Waals surface area contributed by atoms with Crippen LogP contribution in [0.4, 0.5) is 0 Å². The van der Waals surface area contributed by atoms with Crippen LogP contribution in [0.5, 0.6) is 0 Å². The molecule has 0 aromatic carbocycles. The molecular weight excluding hydrogens is 270 g/mol. The third kappa shape index (κ3) is 1.63. The Morgan fingerprint density at radius 3 is 2.67 bits per heavy atom. The van der Waals surface area contributed by atoms with Crippen LogP contribution in [0.25, 0.3) is 16.9 Å². The van der Waals surface area contributed by atoms with Crippen molar-refractivity contribution < 1.29 is 0 Å². The van der Waals surface area contributed by atoms with E-state index in [4.69, 9.17) is 0 Å². The molecule has 3 rings (SSSR count). The predicted octanol–water partition coefficient (Wildman–Crippen LogP) is 0.664. The minimum atomic E-state index is -0.382. The average Bonchev–Trinajstić information content (AvgIpc) is 2.95. The smallest absolute Gasteiger partial charge is 0.314 e. The summed E-state index contributed by atoms with van der Waals surface area (Å²) in [5.74, 6) is 0.674. The normalized spacial score (nSPS) is 11.6. The molecule has 0 atom stereocenters. The number of fused-ring (bicyclic) bond motifs is 3. The van der Waals surface area contributed by atoms with Gasteiger partial charge in [0.2, 0.25) is 5.78 Å². The molecule has 0 unspecified atom stereocenters. The van der Waals surface area contributed by atoms with Gasteiger partial charge in [-0.05, 0) is 13.8 Å². The number of allylic oxidation sites excluding steroid dienone is 1. The molecule has 0 amide bonds. The second kappa shape index (κ2) is 4.47. The Hall–Kier alpha value is -2.57. The summed E-state index contributed by atoms with van der Waals surface area (Å²) in [6, 6.07) is 0. The molecule has 0 N–H and O–H groups in total. The number of aryl methyl sites for hydroxylation is 3. The molecule has 0 spiro atoms. The van der Waals surface area contributed by atoms with Gasteiger partial charge in [-0.3, -0.25) is 18.3 Å². The first-order valence-electron chi connectivity index (χ1n) is 6.79. The summed E-state index contributed by atoms with van der Waals surface area (Å²) < 4.78 is 6.34. The first-order chi connectivity index (χ1) is 10.0. The van der Waals surface area contributed by atoms with Crippen LogP contribution in [0.1, 0.15) is 12.6 Å². The second-order valence-electron chi connectivity index (χ2n) is 5.01. The zero-order valence-electron chi connectivity index (χ0n) is 12.3. The molecule has 0 radical (unpaired) electrons. The van der Waals surface area contributed by atoms with Crippen molar-refractivity contribution >= 4 is 16.9 Å². The summed E-state index contributed by atoms with van der Waals surface area (Å²) >= 11 is 0. The fourth-order valence-electron chi connectivity index (χ4n) is 2.74. The van der Waals surface area contributed by atoms with E-state index in [9.17, 15) is 9.59 Å². The summed E-state index contributed by atoms with van der Waals surface area (Å²) in [7, 11) is 1.62. The van der Waals surface area contributed by atoms with Crippen LogP contribution >= 0.6 is 0 Å². The Morgan fingerprint density at radius 1 is 1.33 bits per heavy atom. The van der Waals surface area contributed by atoms with Crippen LogP contribution in [0.3, 0.4) is 0 Å². The Morgan fingerprint density at radius 2 is 2.05 bits per heavy atom. The number of rotatable bonds is 3. The van der Waals surface area contributed by atoms with E-state index in [1.165, 1.54) is 15.2 Å². The predicted molar refractivity (Wildman–Crippen MR) is 80.8 cm³/mol. The third-order valence-electron chi connectivity index (χ3n) is 3.77. The van der Waals surface area contributed by atoms with Crippen LogP contribution in [0.15, 0.2) is 28.4 Å². The van der Waals surface area contributed by atoms with Crippen molar-refractivity contribution in [1.29, 1.82) is 0 Å². The molecule has 0 aliphatic heterocycles. The lowest BCUT2D eigenvalue weighted by Gasteiger charge is -2.05. The Balaban J connectivity index is 2.59. The van der Waals surface area contributed by atoms with Gasteiger partial charge in [-0.2, -0.15) is 4.98 Å². The first kappa shape index (κ1) is 13.4. The molecule has 110 valence electrons. The molecule has 3 aromatic heterocycles. The summed E-state index contributed by atoms with van der Waals surface area (Å²) in [6.07, 6.45) is 3.41. The van der Waals surface area contributed by atoms with Crippen molar-refractivity contribution in [1.82, 2.24) is 23.1 Å². The Labute approximate surface area is 120 Å². The fourth-order valence-corrected chi connectivity index (χ4v) is 2.74. The summed E-state index contributed by atoms with van der Waals surface area (Å²) in [6.45, 7) is 8.51. The van der Waals surface area contributed by atoms with E-state index in [1.54, 1.807) is 11.4 Å². The topological polar surface area (TPSA) is 66.2 Å². The standard InChI is InChI=1S/C14H17N5O2/c1-5-7-18-12(20)10-11(16(4)14(18)21)15-13-17(6-2)9(3)8-19(10)13/h5,8H,1,6-7H2,2-4H3. The van der Waals surface area contributed by atoms with Gasteiger partial charge in [-0.1, -0.05) is 6.08 Å². The van der Waals surface area contributed by atoms with Gasteiger partial charge in [0.1, 0.15) is 0 Å². The van der Waals surface area contributed by atoms with Crippen molar-refractivity contribution in [2.24, 2.45) is 7.05 Å². The van der Waals surface area contributed by atoms with Crippen molar-refractivity contribution in [2.75, 3.05) is 0 Å². The van der Waals surface area contributed by atoms with Crippen molar-refractivity contribution in [3.8, 4) is 0 Å². The van der Waals surface area contributed by atoms with E-state index in [0.29, 0.717) is 16.9 Å². The lowest BCUT2D eigenvalue weighted by Crippen LogP contribution is -2.39. The average molecular weight is 287 g/mol. The van der Waals surface area contributed by atoms with Gasteiger partial charge in [-0.25, -0.2) is 4.79 Å². The van der Waals surface area contributed by atoms with Crippen LogP contribution in [0.2, 0.25) is 0 Å². The van der Waals surface area contributed by atoms with Gasteiger partial charge in [0.05, 0.1) is 0 Å². The summed E-state index contributed by atoms with van der Waals surface area (Å²) in [5.41, 5.74) is 1.12. The largest absolute Gasteiger partial charge is 0.332 e. The van der Waals surface area contributed by atoms with Gasteiger partial charge in [0.15, 0.2) is 11.2 Å². The fraction of sp³-hybridized carbons (Fsp3) is 0.357. The first-order valence-corrected chi connectivity index (χ1v) is 6.79. The minimum absolute atomic E-state index is 0.183. The molecule has 21 heavy (non-hydrogen) atoms. The van der Waals surface area contributed by atoms with Crippen molar-refractivity contribution in [3.63, 3.8) is 0 Å². The van der Waals surface area contributed by atoms with Gasteiger partial charge in [0, 0.05) is 32.0 Å². The summed E-state index contributed by atoms with van der Waals surface area (Å²) in [4.78, 5) is 29.3. The lowest BCUT2D eigenvalue weighted by atomic mass is 10.4. The van der Waals surface area contributed by atoms with Crippen LogP contribution in [0, 0.1) is 6.92 Å². The number of aromatic nitrogens is 5. The third-order valence-corrected chi connectivity index (χ3v) is 3.77. The monoisotopic (exact) mass is 287 g/mol. The quantitative estimate of drug-likeness (QED) is 0.665. The highest BCUT2D eigenvalue weighted by atomic mass is 16.2. The highest BCUT2D eigenvalue weighted by Gasteiger charge is 2.19. The molecule has 7 nitrogen and oxygen atoms in total. The number of hydrogen-bond donors (Lipinski definition) is 0. The van der Waals surface area contributed by atoms with Crippen LogP contribution in [-0.2, 0) is 20.1 Å². The zero-order chi connectivity index (χ0) is 15.3. The molecule has 0 saturated heterocycles. The van der Waals surface area contributed by atoms with Gasteiger partial charge in [0.25, 0.3) is 5.56 Å². The molecule has 0 bridgehead atoms. The number of imidazole rings is 2. The van der Waals surface area contributed by atoms with Crippen LogP contribution < -0.4 is 11.2 Å². The van der Waals surface area contributed by atoms with E-state index in [1.807, 2.05) is 24.6 Å². The molecule has 7 heteroatoms. The molecule has 3 aromatic rings. The van der Waals surface area contributed by atoms with Gasteiger partial charge < -0.3 is 4.57 Å². The van der Waals surface area contributed by atoms with Crippen LogP contribution in [-0.4, -0.2) is 23.1 Å². The highest BCUT2D eigenvalue weighted by molar-refractivity contribution is 5.75. The number of nitrogens with zero attached hydrogens (tertiary/aromatic N) is 5. The van der Waals surface area contributed by atoms with Gasteiger partial charge in [-0.15, -0.1) is 6.58 Å². The maximum Gasteiger partial charge on any atom is 0.332 e. The lowest BCUT2D eigenvalue weighted by molar-refractivity contribution is 0.667. The summed E-state index contributed by atoms with van der Waals surface area (Å²) in [5, 5.41) is 0. The van der Waals surface area contributed by atoms with Crippen molar-refractivity contribution in [2.45, 2.75) is 26.9 Å². The van der Waals surface area contributed by atoms with E-state index >= 15 is 0 Å². The maximum absolute atomic E-state index is 12.6. The van der Waals surface area contributed by atoms with E-state index < -0.39 is 0 Å². The molecule has 3 heterocycles. The molecular formula is C14H17N5O2. The Kier molecular flexibility index (Phi) is 2.86. The minimum Gasteiger partial charge on any atom is -0.314 e. The molecule has 0 saturated carbocycles. The van der Waals surface area contributed by atoms with E-state index in [-0.39, 0.29) is 17.8 Å². The zero-order valence-corrected chi connectivity index (χ0v) is 12.3. The van der Waals surface area contributed by atoms with E-state index in [2.05, 4.69) is 11.6 Å². The SMILES string of the molecule is C=CCn1c(=O)c2c(nc3n(CC)c(C)cn23)n(C)c1=O. The van der Waals surface area contributed by atoms with E-state index in [0.717, 1.165) is 12.2 Å². The second-order valence-corrected chi connectivity index (χ2v) is 5.01. The molecule has 0 aliphatic rings. The number of hydrogen-bond acceptors (Lipinski definition) is 3.